The van der Waals surface area contributed by atoms with Crippen molar-refractivity contribution in [3.8, 4) is 0 Å². The maximum Gasteiger partial charge on any atom is 0.303 e. The van der Waals surface area contributed by atoms with Crippen LogP contribution in [0, 0.1) is 0 Å². The average molecular weight is 487 g/mol. The van der Waals surface area contributed by atoms with Crippen LogP contribution in [0.3, 0.4) is 0 Å². The Kier molecular flexibility index (Phi) is 6.85. The Bertz CT molecular complexity index is 1300. The van der Waals surface area contributed by atoms with Crippen molar-refractivity contribution in [3.63, 3.8) is 0 Å². The number of ether oxygens (including phenoxy) is 2. The molecule has 4 rings (SSSR count). The van der Waals surface area contributed by atoms with E-state index >= 15 is 0 Å². The summed E-state index contributed by atoms with van der Waals surface area (Å²) in [6.45, 7) is 3.85. The van der Waals surface area contributed by atoms with E-state index in [-0.39, 0.29) is 16.6 Å². The monoisotopic (exact) mass is 486 g/mol. The lowest BCUT2D eigenvalue weighted by Gasteiger charge is -2.26. The number of nitrogens with zero attached hydrogens (tertiary/aromatic N) is 2. The number of benzene rings is 1. The Morgan fingerprint density at radius 3 is 2.68 bits per heavy atom. The van der Waals surface area contributed by atoms with Gasteiger partial charge in [-0.15, -0.1) is 0 Å². The molecule has 34 heavy (non-hydrogen) atoms. The number of aromatic nitrogens is 2. The summed E-state index contributed by atoms with van der Waals surface area (Å²) < 4.78 is 38.1. The van der Waals surface area contributed by atoms with Gasteiger partial charge in [0.2, 0.25) is 0 Å². The number of fused-ring (bicyclic) bond motifs is 1. The zero-order chi connectivity index (χ0) is 24.3. The molecule has 1 fully saturated rings. The fourth-order valence-electron chi connectivity index (χ4n) is 3.81. The van der Waals surface area contributed by atoms with Gasteiger partial charge in [-0.25, -0.2) is 17.4 Å². The molecule has 1 aliphatic heterocycles. The van der Waals surface area contributed by atoms with E-state index in [9.17, 15) is 18.0 Å². The van der Waals surface area contributed by atoms with Crippen molar-refractivity contribution in [2.75, 3.05) is 23.8 Å². The van der Waals surface area contributed by atoms with Crippen molar-refractivity contribution >= 4 is 44.3 Å². The first-order valence-electron chi connectivity index (χ1n) is 10.9. The molecule has 3 heterocycles. The summed E-state index contributed by atoms with van der Waals surface area (Å²) in [6.07, 6.45) is 3.55. The molecule has 180 valence electrons. The SMILES string of the molecule is CC(=O)O[C@H](C)C(=O)Nc1cnc2c(ccn2S(=O)(=O)c2ccccc2)c1NC1CCCOC1. The van der Waals surface area contributed by atoms with Gasteiger partial charge in [-0.1, -0.05) is 18.2 Å². The quantitative estimate of drug-likeness (QED) is 0.488. The predicted octanol–water partition coefficient (Wildman–Crippen LogP) is 2.75. The summed E-state index contributed by atoms with van der Waals surface area (Å²) in [6, 6.07) is 9.69. The van der Waals surface area contributed by atoms with Crippen molar-refractivity contribution in [2.24, 2.45) is 0 Å². The van der Waals surface area contributed by atoms with Crippen LogP contribution in [0.1, 0.15) is 26.7 Å². The van der Waals surface area contributed by atoms with Gasteiger partial charge in [0.15, 0.2) is 11.8 Å². The van der Waals surface area contributed by atoms with Crippen LogP contribution < -0.4 is 10.6 Å². The van der Waals surface area contributed by atoms with E-state index in [2.05, 4.69) is 15.6 Å². The van der Waals surface area contributed by atoms with E-state index in [0.717, 1.165) is 16.8 Å². The molecule has 1 aliphatic rings. The molecule has 0 bridgehead atoms. The van der Waals surface area contributed by atoms with Crippen molar-refractivity contribution in [2.45, 2.75) is 43.7 Å². The molecule has 0 radical (unpaired) electrons. The van der Waals surface area contributed by atoms with Crippen LogP contribution in [0.5, 0.6) is 0 Å². The molecular formula is C23H26N4O6S. The van der Waals surface area contributed by atoms with Gasteiger partial charge in [0.25, 0.3) is 15.9 Å². The highest BCUT2D eigenvalue weighted by molar-refractivity contribution is 7.90. The molecular weight excluding hydrogens is 460 g/mol. The summed E-state index contributed by atoms with van der Waals surface area (Å²) >= 11 is 0. The Labute approximate surface area is 197 Å². The first-order valence-corrected chi connectivity index (χ1v) is 12.3. The fraction of sp³-hybridized carbons (Fsp3) is 0.348. The molecule has 10 nitrogen and oxygen atoms in total. The Balaban J connectivity index is 1.76. The molecule has 2 N–H and O–H groups in total. The lowest BCUT2D eigenvalue weighted by atomic mass is 10.1. The molecule has 11 heteroatoms. The summed E-state index contributed by atoms with van der Waals surface area (Å²) in [7, 11) is -3.88. The largest absolute Gasteiger partial charge is 0.453 e. The second-order valence-corrected chi connectivity index (χ2v) is 9.83. The summed E-state index contributed by atoms with van der Waals surface area (Å²) in [4.78, 5) is 28.3. The number of anilines is 2. The minimum absolute atomic E-state index is 0.0324. The van der Waals surface area contributed by atoms with Gasteiger partial charge >= 0.3 is 5.97 Å². The van der Waals surface area contributed by atoms with Crippen LogP contribution in [-0.2, 0) is 29.1 Å². The number of pyridine rings is 1. The van der Waals surface area contributed by atoms with E-state index in [0.29, 0.717) is 30.0 Å². The maximum atomic E-state index is 13.2. The lowest BCUT2D eigenvalue weighted by Crippen LogP contribution is -2.32. The number of hydrogen-bond acceptors (Lipinski definition) is 8. The van der Waals surface area contributed by atoms with Gasteiger partial charge < -0.3 is 20.1 Å². The van der Waals surface area contributed by atoms with Gasteiger partial charge in [-0.2, -0.15) is 0 Å². The minimum atomic E-state index is -3.88. The van der Waals surface area contributed by atoms with Crippen LogP contribution >= 0.6 is 0 Å². The van der Waals surface area contributed by atoms with Crippen molar-refractivity contribution in [1.29, 1.82) is 0 Å². The first-order chi connectivity index (χ1) is 16.3. The normalized spacial score (nSPS) is 17.2. The molecule has 0 spiro atoms. The highest BCUT2D eigenvalue weighted by Crippen LogP contribution is 2.34. The number of amides is 1. The molecule has 2 aromatic heterocycles. The van der Waals surface area contributed by atoms with E-state index in [4.69, 9.17) is 9.47 Å². The topological polar surface area (TPSA) is 129 Å². The smallest absolute Gasteiger partial charge is 0.303 e. The standard InChI is InChI=1S/C23H26N4O6S/c1-15(33-16(2)28)23(29)26-20-13-24-22-19(21(20)25-17-7-6-12-32-14-17)10-11-27(22)34(30,31)18-8-4-3-5-9-18/h3-5,8-11,13,15,17H,6-7,12,14H2,1-2H3,(H,24,25)(H,26,29)/t15-,17?/m1/s1. The zero-order valence-corrected chi connectivity index (χ0v) is 19.7. The number of carbonyl (C=O) groups excluding carboxylic acids is 2. The van der Waals surface area contributed by atoms with Gasteiger partial charge in [-0.05, 0) is 38.0 Å². The number of nitrogens with one attached hydrogen (secondary N) is 2. The molecule has 1 aromatic carbocycles. The molecule has 0 saturated carbocycles. The van der Waals surface area contributed by atoms with Gasteiger partial charge in [-0.3, -0.25) is 9.59 Å². The minimum Gasteiger partial charge on any atom is -0.453 e. The predicted molar refractivity (Wildman–Crippen MR) is 126 cm³/mol. The van der Waals surface area contributed by atoms with Crippen molar-refractivity contribution < 1.29 is 27.5 Å². The van der Waals surface area contributed by atoms with E-state index < -0.39 is 28.0 Å². The fourth-order valence-corrected chi connectivity index (χ4v) is 5.13. The number of esters is 1. The van der Waals surface area contributed by atoms with Crippen molar-refractivity contribution in [1.82, 2.24) is 8.96 Å². The van der Waals surface area contributed by atoms with E-state index in [1.807, 2.05) is 0 Å². The van der Waals surface area contributed by atoms with E-state index in [1.165, 1.54) is 38.4 Å². The lowest BCUT2D eigenvalue weighted by molar-refractivity contribution is -0.150. The number of hydrogen-bond donors (Lipinski definition) is 2. The van der Waals surface area contributed by atoms with Gasteiger partial charge in [0.05, 0.1) is 29.1 Å². The first kappa shape index (κ1) is 23.7. The third-order valence-electron chi connectivity index (χ3n) is 5.46. The van der Waals surface area contributed by atoms with Crippen LogP contribution in [0.4, 0.5) is 11.4 Å². The number of carbonyl (C=O) groups is 2. The Morgan fingerprint density at radius 1 is 1.24 bits per heavy atom. The van der Waals surface area contributed by atoms with Crippen LogP contribution in [0.15, 0.2) is 53.7 Å². The number of rotatable bonds is 7. The third-order valence-corrected chi connectivity index (χ3v) is 7.14. The molecule has 0 aliphatic carbocycles. The van der Waals surface area contributed by atoms with Crippen molar-refractivity contribution in [3.05, 3.63) is 48.8 Å². The molecule has 1 unspecified atom stereocenters. The van der Waals surface area contributed by atoms with Gasteiger partial charge in [0, 0.05) is 31.2 Å². The summed E-state index contributed by atoms with van der Waals surface area (Å²) in [5.41, 5.74) is 1.08. The van der Waals surface area contributed by atoms with Crippen LogP contribution in [0.25, 0.3) is 11.0 Å². The maximum absolute atomic E-state index is 13.2. The molecule has 1 saturated heterocycles. The van der Waals surface area contributed by atoms with Gasteiger partial charge in [0.1, 0.15) is 0 Å². The molecule has 1 amide bonds. The zero-order valence-electron chi connectivity index (χ0n) is 18.9. The Morgan fingerprint density at radius 2 is 2.00 bits per heavy atom. The molecule has 2 atom stereocenters. The third kappa shape index (κ3) is 4.90. The Hall–Kier alpha value is -3.44. The summed E-state index contributed by atoms with van der Waals surface area (Å²) in [5, 5.41) is 6.64. The van der Waals surface area contributed by atoms with Crippen LogP contribution in [0.2, 0.25) is 0 Å². The highest BCUT2D eigenvalue weighted by Gasteiger charge is 2.25. The van der Waals surface area contributed by atoms with Crippen LogP contribution in [-0.4, -0.2) is 54.6 Å². The van der Waals surface area contributed by atoms with E-state index in [1.54, 1.807) is 24.3 Å². The second kappa shape index (κ2) is 9.82. The second-order valence-electron chi connectivity index (χ2n) is 8.01. The average Bonchev–Trinajstić information content (AvgIpc) is 3.27. The highest BCUT2D eigenvalue weighted by atomic mass is 32.2. The molecule has 3 aromatic rings. The summed E-state index contributed by atoms with van der Waals surface area (Å²) in [5.74, 6) is -1.10.